The minimum absolute atomic E-state index is 0.0557. The third-order valence-electron chi connectivity index (χ3n) is 4.96. The molecule has 36 heavy (non-hydrogen) atoms. The maximum absolute atomic E-state index is 12.8. The second kappa shape index (κ2) is 11.1. The van der Waals surface area contributed by atoms with E-state index in [-0.39, 0.29) is 35.1 Å². The molecule has 9 nitrogen and oxygen atoms in total. The third kappa shape index (κ3) is 5.91. The van der Waals surface area contributed by atoms with Crippen LogP contribution in [0.1, 0.15) is 15.9 Å². The summed E-state index contributed by atoms with van der Waals surface area (Å²) in [5, 5.41) is 10.8. The highest BCUT2D eigenvalue weighted by atomic mass is 35.5. The summed E-state index contributed by atoms with van der Waals surface area (Å²) in [5.41, 5.74) is 0.547. The number of para-hydroxylation sites is 1. The molecule has 2 amide bonds. The topological polar surface area (TPSA) is 116 Å². The highest BCUT2D eigenvalue weighted by molar-refractivity contribution is 8.18. The Kier molecular flexibility index (Phi) is 7.67. The van der Waals surface area contributed by atoms with Gasteiger partial charge in [0.05, 0.1) is 27.0 Å². The lowest BCUT2D eigenvalue weighted by Gasteiger charge is -2.13. The van der Waals surface area contributed by atoms with Gasteiger partial charge in [-0.25, -0.2) is 4.79 Å². The molecule has 11 heteroatoms. The van der Waals surface area contributed by atoms with Crippen LogP contribution in [0.25, 0.3) is 6.08 Å². The van der Waals surface area contributed by atoms with Gasteiger partial charge in [-0.15, -0.1) is 0 Å². The molecule has 0 aromatic heterocycles. The van der Waals surface area contributed by atoms with E-state index in [2.05, 4.69) is 0 Å². The predicted molar refractivity (Wildman–Crippen MR) is 134 cm³/mol. The Labute approximate surface area is 214 Å². The maximum Gasteiger partial charge on any atom is 0.343 e. The molecule has 0 spiro atoms. The number of halogens is 1. The number of ether oxygens (including phenoxy) is 2. The highest BCUT2D eigenvalue weighted by Gasteiger charge is 2.34. The molecule has 1 fully saturated rings. The summed E-state index contributed by atoms with van der Waals surface area (Å²) < 4.78 is 10.9. The van der Waals surface area contributed by atoms with Gasteiger partial charge in [0.15, 0.2) is 0 Å². The van der Waals surface area contributed by atoms with Crippen molar-refractivity contribution in [2.24, 2.45) is 0 Å². The SMILES string of the molecule is O=C(Oc1cccc(/C=C2\SC(=O)N(CCOc3ccccc3Cl)C2=O)c1)c1ccc([N+](=O)[O-])cc1. The minimum Gasteiger partial charge on any atom is -0.490 e. The molecular weight excluding hydrogens is 508 g/mol. The Morgan fingerprint density at radius 3 is 2.53 bits per heavy atom. The number of carbonyl (C=O) groups excluding carboxylic acids is 3. The number of nitro groups is 1. The second-order valence-corrected chi connectivity index (χ2v) is 8.78. The summed E-state index contributed by atoms with van der Waals surface area (Å²) in [6, 6.07) is 18.3. The van der Waals surface area contributed by atoms with E-state index in [0.717, 1.165) is 16.7 Å². The molecule has 3 aromatic carbocycles. The molecule has 182 valence electrons. The van der Waals surface area contributed by atoms with Gasteiger partial charge >= 0.3 is 5.97 Å². The summed E-state index contributed by atoms with van der Waals surface area (Å²) in [4.78, 5) is 49.0. The van der Waals surface area contributed by atoms with Crippen LogP contribution < -0.4 is 9.47 Å². The van der Waals surface area contributed by atoms with Crippen LogP contribution in [0.5, 0.6) is 11.5 Å². The van der Waals surface area contributed by atoms with Crippen LogP contribution >= 0.6 is 23.4 Å². The molecule has 1 aliphatic rings. The van der Waals surface area contributed by atoms with Crippen molar-refractivity contribution < 1.29 is 28.8 Å². The molecule has 0 unspecified atom stereocenters. The van der Waals surface area contributed by atoms with Gasteiger partial charge in [0.2, 0.25) is 0 Å². The van der Waals surface area contributed by atoms with E-state index < -0.39 is 22.0 Å². The molecule has 0 N–H and O–H groups in total. The molecule has 4 rings (SSSR count). The predicted octanol–water partition coefficient (Wildman–Crippen LogP) is 5.58. The summed E-state index contributed by atoms with van der Waals surface area (Å²) in [6.07, 6.45) is 1.53. The van der Waals surface area contributed by atoms with Gasteiger partial charge in [-0.1, -0.05) is 35.9 Å². The normalized spacial score (nSPS) is 14.2. The summed E-state index contributed by atoms with van der Waals surface area (Å²) in [7, 11) is 0. The minimum atomic E-state index is -0.694. The molecule has 0 aliphatic carbocycles. The Hall–Kier alpha value is -4.15. The monoisotopic (exact) mass is 524 g/mol. The number of thioether (sulfide) groups is 1. The number of hydrogen-bond donors (Lipinski definition) is 0. The molecule has 0 atom stereocenters. The number of esters is 1. The van der Waals surface area contributed by atoms with Gasteiger partial charge in [-0.3, -0.25) is 24.6 Å². The zero-order valence-corrected chi connectivity index (χ0v) is 20.0. The van der Waals surface area contributed by atoms with E-state index >= 15 is 0 Å². The smallest absolute Gasteiger partial charge is 0.343 e. The van der Waals surface area contributed by atoms with Crippen molar-refractivity contribution in [1.82, 2.24) is 4.90 Å². The Morgan fingerprint density at radius 1 is 1.06 bits per heavy atom. The van der Waals surface area contributed by atoms with Crippen molar-refractivity contribution in [3.8, 4) is 11.5 Å². The number of benzene rings is 3. The lowest BCUT2D eigenvalue weighted by atomic mass is 10.2. The van der Waals surface area contributed by atoms with Gasteiger partial charge < -0.3 is 9.47 Å². The third-order valence-corrected chi connectivity index (χ3v) is 6.18. The summed E-state index contributed by atoms with van der Waals surface area (Å²) in [6.45, 7) is 0.142. The molecule has 0 bridgehead atoms. The first-order valence-electron chi connectivity index (χ1n) is 10.5. The van der Waals surface area contributed by atoms with Crippen molar-refractivity contribution >= 4 is 52.2 Å². The van der Waals surface area contributed by atoms with Crippen molar-refractivity contribution in [3.63, 3.8) is 0 Å². The second-order valence-electron chi connectivity index (χ2n) is 7.38. The van der Waals surface area contributed by atoms with Crippen LogP contribution in [0.2, 0.25) is 5.02 Å². The zero-order chi connectivity index (χ0) is 25.7. The van der Waals surface area contributed by atoms with E-state index in [4.69, 9.17) is 21.1 Å². The van der Waals surface area contributed by atoms with Crippen molar-refractivity contribution in [1.29, 1.82) is 0 Å². The molecule has 0 radical (unpaired) electrons. The Bertz CT molecular complexity index is 1370. The van der Waals surface area contributed by atoms with Gasteiger partial charge in [0.1, 0.15) is 18.1 Å². The average molecular weight is 525 g/mol. The first-order chi connectivity index (χ1) is 17.3. The average Bonchev–Trinajstić information content (AvgIpc) is 3.12. The number of nitro benzene ring substituents is 1. The van der Waals surface area contributed by atoms with E-state index in [1.165, 1.54) is 36.4 Å². The molecule has 1 saturated heterocycles. The van der Waals surface area contributed by atoms with E-state index in [9.17, 15) is 24.5 Å². The van der Waals surface area contributed by atoms with Crippen LogP contribution in [0.4, 0.5) is 10.5 Å². The zero-order valence-electron chi connectivity index (χ0n) is 18.5. The van der Waals surface area contributed by atoms with Crippen LogP contribution in [0.3, 0.4) is 0 Å². The largest absolute Gasteiger partial charge is 0.490 e. The molecule has 1 aliphatic heterocycles. The molecular formula is C25H17ClN2O7S. The number of amides is 2. The van der Waals surface area contributed by atoms with Crippen molar-refractivity contribution in [2.45, 2.75) is 0 Å². The quantitative estimate of drug-likeness (QED) is 0.123. The van der Waals surface area contributed by atoms with Crippen LogP contribution in [-0.4, -0.2) is 40.1 Å². The number of imide groups is 1. The fourth-order valence-corrected chi connectivity index (χ4v) is 4.26. The van der Waals surface area contributed by atoms with E-state index in [0.29, 0.717) is 16.3 Å². The van der Waals surface area contributed by atoms with Gasteiger partial charge in [0, 0.05) is 12.1 Å². The molecule has 0 saturated carbocycles. The number of hydrogen-bond acceptors (Lipinski definition) is 8. The number of rotatable bonds is 8. The molecule has 1 heterocycles. The summed E-state index contributed by atoms with van der Waals surface area (Å²) >= 11 is 6.85. The Morgan fingerprint density at radius 2 is 1.81 bits per heavy atom. The first kappa shape index (κ1) is 25.0. The number of non-ortho nitro benzene ring substituents is 1. The maximum atomic E-state index is 12.8. The lowest BCUT2D eigenvalue weighted by molar-refractivity contribution is -0.384. The number of carbonyl (C=O) groups is 3. The van der Waals surface area contributed by atoms with Gasteiger partial charge in [-0.05, 0) is 59.8 Å². The lowest BCUT2D eigenvalue weighted by Crippen LogP contribution is -2.32. The Balaban J connectivity index is 1.39. The van der Waals surface area contributed by atoms with E-state index in [1.807, 2.05) is 0 Å². The highest BCUT2D eigenvalue weighted by Crippen LogP contribution is 2.33. The van der Waals surface area contributed by atoms with Gasteiger partial charge in [0.25, 0.3) is 16.8 Å². The van der Waals surface area contributed by atoms with Crippen molar-refractivity contribution in [3.05, 3.63) is 104 Å². The van der Waals surface area contributed by atoms with Crippen molar-refractivity contribution in [2.75, 3.05) is 13.2 Å². The number of nitrogens with zero attached hydrogens (tertiary/aromatic N) is 2. The van der Waals surface area contributed by atoms with E-state index in [1.54, 1.807) is 42.5 Å². The van der Waals surface area contributed by atoms with Crippen LogP contribution in [0, 0.1) is 10.1 Å². The summed E-state index contributed by atoms with van der Waals surface area (Å²) in [5.74, 6) is -0.483. The fourth-order valence-electron chi connectivity index (χ4n) is 3.21. The van der Waals surface area contributed by atoms with Gasteiger partial charge in [-0.2, -0.15) is 0 Å². The standard InChI is InChI=1S/C25H17ClN2O7S/c26-20-6-1-2-7-21(20)34-13-12-27-23(29)22(36-25(27)31)15-16-4-3-5-19(14-16)35-24(30)17-8-10-18(11-9-17)28(32)33/h1-11,14-15H,12-13H2/b22-15-. The first-order valence-corrected chi connectivity index (χ1v) is 11.7. The fraction of sp³-hybridized carbons (Fsp3) is 0.0800. The van der Waals surface area contributed by atoms with Crippen LogP contribution in [0.15, 0.2) is 77.7 Å². The molecule has 3 aromatic rings. The van der Waals surface area contributed by atoms with Crippen LogP contribution in [-0.2, 0) is 4.79 Å².